The molecule has 0 saturated heterocycles. The summed E-state index contributed by atoms with van der Waals surface area (Å²) in [6.45, 7) is 0.334. The van der Waals surface area contributed by atoms with E-state index in [1.807, 2.05) is 72.8 Å². The van der Waals surface area contributed by atoms with Crippen molar-refractivity contribution in [1.82, 2.24) is 30.2 Å². The lowest BCUT2D eigenvalue weighted by Gasteiger charge is -2.25. The third-order valence-corrected chi connectivity index (χ3v) is 8.48. The smallest absolute Gasteiger partial charge is 0.335 e. The van der Waals surface area contributed by atoms with Crippen LogP contribution in [0.5, 0.6) is 5.75 Å². The maximum absolute atomic E-state index is 11.6. The predicted molar refractivity (Wildman–Crippen MR) is 176 cm³/mol. The van der Waals surface area contributed by atoms with Crippen LogP contribution in [0.2, 0.25) is 5.02 Å². The molecule has 11 heteroatoms. The van der Waals surface area contributed by atoms with Crippen molar-refractivity contribution in [3.8, 4) is 39.7 Å². The maximum Gasteiger partial charge on any atom is 0.335 e. The van der Waals surface area contributed by atoms with Crippen molar-refractivity contribution in [2.45, 2.75) is 44.8 Å². The first-order valence-corrected chi connectivity index (χ1v) is 15.0. The minimum atomic E-state index is -0.953. The normalized spacial score (nSPS) is 13.4. The molecule has 228 valence electrons. The summed E-state index contributed by atoms with van der Waals surface area (Å²) in [4.78, 5) is 16.6. The number of carboxylic acids is 1. The fraction of sp³-hybridized carbons (Fsp3) is 0.206. The number of hydrogen-bond acceptors (Lipinski definition) is 6. The molecule has 4 aromatic carbocycles. The molecule has 0 spiro atoms. The Morgan fingerprint density at radius 1 is 0.911 bits per heavy atom. The number of benzene rings is 4. The Morgan fingerprint density at radius 2 is 1.64 bits per heavy atom. The van der Waals surface area contributed by atoms with E-state index < -0.39 is 5.97 Å². The van der Waals surface area contributed by atoms with Crippen LogP contribution in [-0.2, 0) is 6.61 Å². The lowest BCUT2D eigenvalue weighted by atomic mass is 9.95. The molecule has 0 bridgehead atoms. The van der Waals surface area contributed by atoms with Crippen LogP contribution in [0.1, 0.15) is 54.1 Å². The van der Waals surface area contributed by atoms with E-state index in [1.165, 1.54) is 19.3 Å². The summed E-state index contributed by atoms with van der Waals surface area (Å²) in [5, 5.41) is 24.4. The topological polar surface area (TPSA) is 119 Å². The molecule has 0 amide bonds. The molecule has 1 aliphatic carbocycles. The molecule has 0 radical (unpaired) electrons. The predicted octanol–water partition coefficient (Wildman–Crippen LogP) is 8.41. The van der Waals surface area contributed by atoms with Crippen molar-refractivity contribution >= 4 is 41.0 Å². The number of imidazole rings is 1. The van der Waals surface area contributed by atoms with E-state index in [0.29, 0.717) is 29.0 Å². The zero-order valence-electron chi connectivity index (χ0n) is 24.2. The van der Waals surface area contributed by atoms with Crippen molar-refractivity contribution < 1.29 is 14.6 Å². The van der Waals surface area contributed by atoms with Gasteiger partial charge in [0.1, 0.15) is 18.2 Å². The molecule has 0 unspecified atom stereocenters. The molecule has 2 N–H and O–H groups in total. The van der Waals surface area contributed by atoms with E-state index in [1.54, 1.807) is 12.1 Å². The van der Waals surface area contributed by atoms with Crippen LogP contribution < -0.4 is 4.74 Å². The van der Waals surface area contributed by atoms with Gasteiger partial charge in [0.15, 0.2) is 0 Å². The summed E-state index contributed by atoms with van der Waals surface area (Å²) in [7, 11) is 0. The molecule has 1 aliphatic rings. The van der Waals surface area contributed by atoms with Crippen LogP contribution in [0.3, 0.4) is 0 Å². The molecule has 1 fully saturated rings. The number of tetrazole rings is 1. The average Bonchev–Trinajstić information content (AvgIpc) is 3.73. The first-order chi connectivity index (χ1) is 21.5. The summed E-state index contributed by atoms with van der Waals surface area (Å²) in [6.07, 6.45) is 5.77. The average molecular weight is 642 g/mol. The Morgan fingerprint density at radius 3 is 2.36 bits per heavy atom. The summed E-state index contributed by atoms with van der Waals surface area (Å²) >= 11 is 6.38. The van der Waals surface area contributed by atoms with Crippen LogP contribution in [0, 0.1) is 0 Å². The number of ether oxygens (including phenoxy) is 1. The largest absolute Gasteiger partial charge is 0.489 e. The quantitative estimate of drug-likeness (QED) is 0.171. The van der Waals surface area contributed by atoms with E-state index in [0.717, 1.165) is 57.7 Å². The van der Waals surface area contributed by atoms with Crippen LogP contribution >= 0.6 is 24.0 Å². The van der Waals surface area contributed by atoms with E-state index in [4.69, 9.17) is 21.3 Å². The van der Waals surface area contributed by atoms with Gasteiger partial charge in [-0.25, -0.2) is 9.78 Å². The summed E-state index contributed by atoms with van der Waals surface area (Å²) in [5.74, 6) is 1.16. The monoisotopic (exact) mass is 640 g/mol. The van der Waals surface area contributed by atoms with Gasteiger partial charge in [0.25, 0.3) is 0 Å². The van der Waals surface area contributed by atoms with Gasteiger partial charge in [0.05, 0.1) is 16.6 Å². The number of H-pyrrole nitrogens is 1. The third kappa shape index (κ3) is 6.27. The molecular formula is C34H30Cl2N6O3. The number of halogens is 2. The fourth-order valence-corrected chi connectivity index (χ4v) is 6.25. The highest BCUT2D eigenvalue weighted by atomic mass is 35.5. The van der Waals surface area contributed by atoms with Crippen molar-refractivity contribution in [2.75, 3.05) is 0 Å². The molecular weight excluding hydrogens is 611 g/mol. The van der Waals surface area contributed by atoms with E-state index in [2.05, 4.69) is 25.2 Å². The fourth-order valence-electron chi connectivity index (χ4n) is 6.05. The van der Waals surface area contributed by atoms with E-state index >= 15 is 0 Å². The third-order valence-electron chi connectivity index (χ3n) is 8.25. The van der Waals surface area contributed by atoms with Crippen molar-refractivity contribution in [3.05, 3.63) is 101 Å². The number of fused-ring (bicyclic) bond motifs is 1. The molecule has 0 atom stereocenters. The number of aromatic amines is 1. The molecule has 45 heavy (non-hydrogen) atoms. The van der Waals surface area contributed by atoms with Crippen molar-refractivity contribution in [3.63, 3.8) is 0 Å². The van der Waals surface area contributed by atoms with Crippen LogP contribution in [0.15, 0.2) is 84.9 Å². The molecule has 2 heterocycles. The van der Waals surface area contributed by atoms with Crippen molar-refractivity contribution in [1.29, 1.82) is 0 Å². The van der Waals surface area contributed by atoms with E-state index in [9.17, 15) is 9.90 Å². The number of aromatic nitrogens is 6. The minimum Gasteiger partial charge on any atom is -0.489 e. The number of nitrogens with zero attached hydrogens (tertiary/aromatic N) is 5. The zero-order valence-corrected chi connectivity index (χ0v) is 25.8. The Bertz CT molecular complexity index is 1930. The second-order valence-electron chi connectivity index (χ2n) is 11.0. The lowest BCUT2D eigenvalue weighted by molar-refractivity contribution is 0.0697. The second-order valence-corrected chi connectivity index (χ2v) is 11.5. The highest BCUT2D eigenvalue weighted by Gasteiger charge is 2.23. The Labute approximate surface area is 270 Å². The second kappa shape index (κ2) is 13.1. The Balaban J connectivity index is 0.00000357. The van der Waals surface area contributed by atoms with Gasteiger partial charge in [-0.05, 0) is 89.3 Å². The van der Waals surface area contributed by atoms with Gasteiger partial charge < -0.3 is 14.4 Å². The minimum absolute atomic E-state index is 0. The SMILES string of the molecule is Cl.O=C(O)c1ccc2c(c1)nc(-c1ccc(OCc3cc(Cl)ccc3-c3ccc(-c4nn[nH]n4)cc3)cc1)n2C1CCCCC1. The van der Waals surface area contributed by atoms with Gasteiger partial charge in [0, 0.05) is 22.2 Å². The highest BCUT2D eigenvalue weighted by molar-refractivity contribution is 6.30. The number of aromatic carboxylic acids is 1. The molecule has 7 rings (SSSR count). The first-order valence-electron chi connectivity index (χ1n) is 14.6. The Kier molecular flexibility index (Phi) is 8.82. The summed E-state index contributed by atoms with van der Waals surface area (Å²) < 4.78 is 8.55. The lowest BCUT2D eigenvalue weighted by Crippen LogP contribution is -2.14. The molecule has 2 aromatic heterocycles. The standard InChI is InChI=1S/C34H29ClN6O3.ClH/c35-26-13-16-29(21-6-8-22(9-7-21)32-37-39-40-38-32)25(18-26)20-44-28-14-10-23(11-15-28)33-36-30-19-24(34(42)43)12-17-31(30)41(33)27-4-2-1-3-5-27;/h6-19,27H,1-5,20H2,(H,42,43)(H,37,38,39,40);1H. The maximum atomic E-state index is 11.6. The number of hydrogen-bond donors (Lipinski definition) is 2. The number of carbonyl (C=O) groups is 1. The molecule has 0 aliphatic heterocycles. The van der Waals surface area contributed by atoms with Gasteiger partial charge in [-0.15, -0.1) is 22.6 Å². The molecule has 9 nitrogen and oxygen atoms in total. The van der Waals surface area contributed by atoms with Crippen LogP contribution in [0.25, 0.3) is 44.9 Å². The van der Waals surface area contributed by atoms with Gasteiger partial charge in [0.2, 0.25) is 5.82 Å². The molecule has 6 aromatic rings. The van der Waals surface area contributed by atoms with Gasteiger partial charge >= 0.3 is 5.97 Å². The summed E-state index contributed by atoms with van der Waals surface area (Å²) in [6, 6.07) is 27.2. The first kappa shape index (κ1) is 30.3. The van der Waals surface area contributed by atoms with Crippen LogP contribution in [0.4, 0.5) is 0 Å². The highest BCUT2D eigenvalue weighted by Crippen LogP contribution is 2.37. The van der Waals surface area contributed by atoms with E-state index in [-0.39, 0.29) is 18.0 Å². The number of nitrogens with one attached hydrogen (secondary N) is 1. The zero-order chi connectivity index (χ0) is 30.0. The molecule has 1 saturated carbocycles. The summed E-state index contributed by atoms with van der Waals surface area (Å²) in [5.41, 5.74) is 6.74. The Hall–Kier alpha value is -4.73. The van der Waals surface area contributed by atoms with Gasteiger partial charge in [-0.3, -0.25) is 0 Å². The number of rotatable bonds is 8. The van der Waals surface area contributed by atoms with Crippen LogP contribution in [-0.4, -0.2) is 41.3 Å². The van der Waals surface area contributed by atoms with Gasteiger partial charge in [-0.1, -0.05) is 61.2 Å². The van der Waals surface area contributed by atoms with Crippen molar-refractivity contribution in [2.24, 2.45) is 0 Å². The number of carboxylic acid groups (broad SMARTS) is 1. The van der Waals surface area contributed by atoms with Gasteiger partial charge in [-0.2, -0.15) is 5.21 Å².